The van der Waals surface area contributed by atoms with Crippen LogP contribution < -0.4 is 10.2 Å². The first-order valence-corrected chi connectivity index (χ1v) is 4.19. The third-order valence-electron chi connectivity index (χ3n) is 1.93. The number of aromatic nitrogens is 3. The smallest absolute Gasteiger partial charge is 0.0673 e. The molecule has 0 fully saturated rings. The summed E-state index contributed by atoms with van der Waals surface area (Å²) in [6.07, 6.45) is 0. The lowest BCUT2D eigenvalue weighted by Crippen LogP contribution is -2.31. The summed E-state index contributed by atoms with van der Waals surface area (Å²) in [5, 5.41) is 6.51. The minimum absolute atomic E-state index is 0.442. The second-order valence-corrected chi connectivity index (χ2v) is 3.23. The quantitative estimate of drug-likeness (QED) is 0.597. The fraction of sp³-hybridized carbons (Fsp3) is 0.333. The van der Waals surface area contributed by atoms with Crippen LogP contribution in [0.2, 0.25) is 0 Å². The molecule has 2 rings (SSSR count). The maximum atomic E-state index is 3.26. The molecule has 1 aromatic heterocycles. The van der Waals surface area contributed by atoms with Crippen molar-refractivity contribution in [3.05, 3.63) is 24.3 Å². The molecule has 0 aliphatic heterocycles. The molecule has 0 radical (unpaired) electrons. The average molecular weight is 163 g/mol. The normalized spacial score (nSPS) is 11.2. The van der Waals surface area contributed by atoms with Crippen LogP contribution in [-0.2, 0) is 0 Å². The number of para-hydroxylation sites is 2. The summed E-state index contributed by atoms with van der Waals surface area (Å²) < 4.78 is 0. The second kappa shape index (κ2) is 2.59. The highest BCUT2D eigenvalue weighted by Gasteiger charge is 2.15. The Bertz CT molecular complexity index is 356. The molecule has 3 nitrogen and oxygen atoms in total. The van der Waals surface area contributed by atoms with Gasteiger partial charge < -0.3 is 0 Å². The first-order valence-electron chi connectivity index (χ1n) is 4.19. The lowest BCUT2D eigenvalue weighted by atomic mass is 10.3. The van der Waals surface area contributed by atoms with Gasteiger partial charge in [-0.1, -0.05) is 22.3 Å². The van der Waals surface area contributed by atoms with Crippen LogP contribution in [0.25, 0.3) is 11.0 Å². The molecule has 0 unspecified atom stereocenters. The topological polar surface area (TPSA) is 33.2 Å². The van der Waals surface area contributed by atoms with Gasteiger partial charge in [-0.05, 0) is 13.8 Å². The third kappa shape index (κ3) is 1.07. The molecule has 0 bridgehead atoms. The Hall–Kier alpha value is -1.38. The summed E-state index contributed by atoms with van der Waals surface area (Å²) in [6, 6.07) is 8.61. The van der Waals surface area contributed by atoms with Crippen LogP contribution >= 0.6 is 0 Å². The molecule has 0 atom stereocenters. The first kappa shape index (κ1) is 7.28. The van der Waals surface area contributed by atoms with E-state index in [1.807, 2.05) is 16.9 Å². The molecule has 0 aliphatic carbocycles. The van der Waals surface area contributed by atoms with Crippen molar-refractivity contribution in [2.75, 3.05) is 0 Å². The monoisotopic (exact) mass is 163 g/mol. The maximum Gasteiger partial charge on any atom is 0.305 e. The molecule has 2 N–H and O–H groups in total. The van der Waals surface area contributed by atoms with E-state index in [4.69, 9.17) is 0 Å². The molecule has 0 amide bonds. The van der Waals surface area contributed by atoms with Crippen LogP contribution in [0.4, 0.5) is 0 Å². The summed E-state index contributed by atoms with van der Waals surface area (Å²) in [5.74, 6) is 0. The highest BCUT2D eigenvalue weighted by atomic mass is 15.5. The van der Waals surface area contributed by atoms with Gasteiger partial charge in [-0.2, -0.15) is 0 Å². The Morgan fingerprint density at radius 2 is 1.58 bits per heavy atom. The molecule has 12 heavy (non-hydrogen) atoms. The molecule has 1 aromatic carbocycles. The van der Waals surface area contributed by atoms with Crippen LogP contribution in [-0.4, -0.2) is 4.80 Å². The van der Waals surface area contributed by atoms with Gasteiger partial charge in [0, 0.05) is 16.9 Å². The summed E-state index contributed by atoms with van der Waals surface area (Å²) in [4.78, 5) is 1.99. The fourth-order valence-corrected chi connectivity index (χ4v) is 1.22. The average Bonchev–Trinajstić information content (AvgIpc) is 2.46. The minimum atomic E-state index is 0.442. The zero-order valence-electron chi connectivity index (χ0n) is 7.33. The van der Waals surface area contributed by atoms with Gasteiger partial charge in [0.2, 0.25) is 0 Å². The number of aromatic amines is 2. The lowest BCUT2D eigenvalue weighted by Gasteiger charge is -1.88. The molecule has 0 aliphatic rings. The number of hydrogen-bond donors (Lipinski definition) is 0. The van der Waals surface area contributed by atoms with Crippen LogP contribution in [0.1, 0.15) is 19.9 Å². The molecule has 0 saturated heterocycles. The largest absolute Gasteiger partial charge is 0.305 e. The van der Waals surface area contributed by atoms with E-state index in [9.17, 15) is 0 Å². The van der Waals surface area contributed by atoms with E-state index in [1.54, 1.807) is 0 Å². The Morgan fingerprint density at radius 3 is 2.00 bits per heavy atom. The lowest BCUT2D eigenvalue weighted by molar-refractivity contribution is -0.656. The van der Waals surface area contributed by atoms with E-state index < -0.39 is 0 Å². The van der Waals surface area contributed by atoms with Gasteiger partial charge in [0.15, 0.2) is 0 Å². The van der Waals surface area contributed by atoms with Crippen molar-refractivity contribution in [2.45, 2.75) is 19.9 Å². The molecule has 0 spiro atoms. The summed E-state index contributed by atoms with van der Waals surface area (Å²) in [7, 11) is 0. The maximum absolute atomic E-state index is 3.26. The summed E-state index contributed by atoms with van der Waals surface area (Å²) in [5.41, 5.74) is 2.29. The SMILES string of the molecule is CC(C)n1[nH+]c2ccccc2[nH+]1. The minimum Gasteiger partial charge on any atom is -0.0673 e. The van der Waals surface area contributed by atoms with Crippen molar-refractivity contribution < 1.29 is 10.2 Å². The Morgan fingerprint density at radius 1 is 1.08 bits per heavy atom. The number of benzene rings is 1. The summed E-state index contributed by atoms with van der Waals surface area (Å²) >= 11 is 0. The Kier molecular flexibility index (Phi) is 1.57. The van der Waals surface area contributed by atoms with Gasteiger partial charge >= 0.3 is 11.0 Å². The van der Waals surface area contributed by atoms with Gasteiger partial charge in [0.05, 0.1) is 0 Å². The van der Waals surface area contributed by atoms with Crippen LogP contribution in [0.15, 0.2) is 24.3 Å². The van der Waals surface area contributed by atoms with Crippen molar-refractivity contribution in [2.24, 2.45) is 0 Å². The van der Waals surface area contributed by atoms with Gasteiger partial charge in [0.1, 0.15) is 6.04 Å². The number of nitrogens with one attached hydrogen (secondary N) is 2. The fourth-order valence-electron chi connectivity index (χ4n) is 1.22. The Balaban J connectivity index is 2.62. The van der Waals surface area contributed by atoms with Crippen molar-refractivity contribution in [3.8, 4) is 0 Å². The van der Waals surface area contributed by atoms with Crippen molar-refractivity contribution in [1.29, 1.82) is 0 Å². The van der Waals surface area contributed by atoms with Crippen LogP contribution in [0.5, 0.6) is 0 Å². The highest BCUT2D eigenvalue weighted by molar-refractivity contribution is 5.65. The van der Waals surface area contributed by atoms with Crippen molar-refractivity contribution >= 4 is 11.0 Å². The van der Waals surface area contributed by atoms with E-state index in [-0.39, 0.29) is 0 Å². The summed E-state index contributed by atoms with van der Waals surface area (Å²) in [6.45, 7) is 4.26. The van der Waals surface area contributed by atoms with E-state index in [0.717, 1.165) is 11.0 Å². The van der Waals surface area contributed by atoms with E-state index in [0.29, 0.717) is 6.04 Å². The third-order valence-corrected chi connectivity index (χ3v) is 1.93. The van der Waals surface area contributed by atoms with Gasteiger partial charge in [0.25, 0.3) is 0 Å². The number of fused-ring (bicyclic) bond motifs is 1. The first-order chi connectivity index (χ1) is 5.77. The van der Waals surface area contributed by atoms with Crippen molar-refractivity contribution in [3.63, 3.8) is 0 Å². The molecule has 0 saturated carbocycles. The molecular weight excluding hydrogens is 150 g/mol. The molecule has 1 heterocycles. The van der Waals surface area contributed by atoms with E-state index >= 15 is 0 Å². The zero-order valence-corrected chi connectivity index (χ0v) is 7.33. The molecule has 62 valence electrons. The van der Waals surface area contributed by atoms with Crippen LogP contribution in [0.3, 0.4) is 0 Å². The molecular formula is C9H13N3+2. The molecule has 2 aromatic rings. The number of rotatable bonds is 1. The predicted octanol–water partition coefficient (Wildman–Crippen LogP) is 0.850. The standard InChI is InChI=1S/C9H11N3/c1-7(2)12-10-8-5-3-4-6-9(8)11-12/h3-7H,1-2H3/p+2. The van der Waals surface area contributed by atoms with Gasteiger partial charge in [-0.15, -0.1) is 0 Å². The van der Waals surface area contributed by atoms with Gasteiger partial charge in [-0.25, -0.2) is 0 Å². The highest BCUT2D eigenvalue weighted by Crippen LogP contribution is 2.02. The second-order valence-electron chi connectivity index (χ2n) is 3.23. The number of H-pyrrole nitrogens is 2. The number of nitrogens with zero attached hydrogens (tertiary/aromatic N) is 1. The number of hydrogen-bond acceptors (Lipinski definition) is 0. The predicted molar refractivity (Wildman–Crippen MR) is 45.4 cm³/mol. The van der Waals surface area contributed by atoms with Crippen LogP contribution in [0, 0.1) is 0 Å². The van der Waals surface area contributed by atoms with E-state index in [2.05, 4.69) is 36.2 Å². The van der Waals surface area contributed by atoms with Gasteiger partial charge in [-0.3, -0.25) is 0 Å². The zero-order chi connectivity index (χ0) is 8.55. The molecule has 3 heteroatoms. The Labute approximate surface area is 71.0 Å². The van der Waals surface area contributed by atoms with Crippen molar-refractivity contribution in [1.82, 2.24) is 4.80 Å². The van der Waals surface area contributed by atoms with E-state index in [1.165, 1.54) is 0 Å².